The van der Waals surface area contributed by atoms with Crippen LogP contribution in [0.3, 0.4) is 0 Å². The van der Waals surface area contributed by atoms with Gasteiger partial charge < -0.3 is 10.2 Å². The molecule has 0 aliphatic rings. The molecule has 6 nitrogen and oxygen atoms in total. The summed E-state index contributed by atoms with van der Waals surface area (Å²) in [6, 6.07) is 24.7. The number of hydrogen-bond acceptors (Lipinski definition) is 6. The van der Waals surface area contributed by atoms with Crippen LogP contribution in [0.15, 0.2) is 116 Å². The third-order valence-electron chi connectivity index (χ3n) is 5.32. The lowest BCUT2D eigenvalue weighted by Gasteiger charge is -2.00. The molecule has 0 atom stereocenters. The number of aromatic hydroxyl groups is 2. The third-order valence-corrected chi connectivity index (χ3v) is 5.32. The summed E-state index contributed by atoms with van der Waals surface area (Å²) in [5.74, 6) is 0.269. The van der Waals surface area contributed by atoms with Crippen molar-refractivity contribution in [1.29, 1.82) is 0 Å². The number of aromatic nitrogens is 4. The molecule has 0 bridgehead atoms. The van der Waals surface area contributed by atoms with Crippen LogP contribution in [-0.4, -0.2) is 30.1 Å². The van der Waals surface area contributed by atoms with E-state index >= 15 is 0 Å². The fourth-order valence-electron chi connectivity index (χ4n) is 3.38. The second-order valence-electron chi connectivity index (χ2n) is 7.61. The highest BCUT2D eigenvalue weighted by Gasteiger charge is 2.00. The number of phenols is 2. The van der Waals surface area contributed by atoms with E-state index in [2.05, 4.69) is 44.2 Å². The molecule has 172 valence electrons. The van der Waals surface area contributed by atoms with E-state index in [4.69, 9.17) is 10.2 Å². The first kappa shape index (κ1) is 23.3. The summed E-state index contributed by atoms with van der Waals surface area (Å²) in [5.41, 5.74) is 4.83. The van der Waals surface area contributed by atoms with Gasteiger partial charge in [-0.15, -0.1) is 0 Å². The SMILES string of the molecule is Cc1c(O)cccc1O.c1cc(-c2ccncc2)ccn1.c1cnc2c(c1)ccc1cccnc12. The quantitative estimate of drug-likeness (QED) is 0.279. The Hall–Kier alpha value is -4.84. The Kier molecular flexibility index (Phi) is 7.56. The molecule has 6 rings (SSSR count). The maximum atomic E-state index is 8.94. The number of nitrogens with zero attached hydrogens (tertiary/aromatic N) is 4. The normalized spacial score (nSPS) is 10.1. The fourth-order valence-corrected chi connectivity index (χ4v) is 3.38. The van der Waals surface area contributed by atoms with Crippen LogP contribution in [0, 0.1) is 6.92 Å². The molecule has 6 aromatic rings. The molecule has 0 aliphatic carbocycles. The van der Waals surface area contributed by atoms with Gasteiger partial charge in [0.2, 0.25) is 0 Å². The molecule has 0 spiro atoms. The maximum Gasteiger partial charge on any atom is 0.122 e. The van der Waals surface area contributed by atoms with Crippen molar-refractivity contribution < 1.29 is 10.2 Å². The number of benzene rings is 2. The fraction of sp³-hybridized carbons (Fsp3) is 0.0345. The van der Waals surface area contributed by atoms with Crippen LogP contribution in [0.1, 0.15) is 5.56 Å². The number of fused-ring (bicyclic) bond motifs is 3. The van der Waals surface area contributed by atoms with Gasteiger partial charge in [0.15, 0.2) is 0 Å². The molecule has 35 heavy (non-hydrogen) atoms. The predicted molar refractivity (Wildman–Crippen MR) is 139 cm³/mol. The first-order chi connectivity index (χ1) is 17.1. The van der Waals surface area contributed by atoms with Gasteiger partial charge in [-0.3, -0.25) is 19.9 Å². The van der Waals surface area contributed by atoms with Gasteiger partial charge in [0.25, 0.3) is 0 Å². The molecule has 2 aromatic carbocycles. The lowest BCUT2D eigenvalue weighted by molar-refractivity contribution is 0.443. The van der Waals surface area contributed by atoms with Crippen molar-refractivity contribution >= 4 is 21.8 Å². The third kappa shape index (κ3) is 5.94. The topological polar surface area (TPSA) is 92.0 Å². The summed E-state index contributed by atoms with van der Waals surface area (Å²) in [7, 11) is 0. The van der Waals surface area contributed by atoms with E-state index < -0.39 is 0 Å². The van der Waals surface area contributed by atoms with Crippen LogP contribution < -0.4 is 0 Å². The van der Waals surface area contributed by atoms with E-state index in [1.807, 2.05) is 36.4 Å². The monoisotopic (exact) mass is 460 g/mol. The molecule has 2 N–H and O–H groups in total. The number of phenolic OH excluding ortho intramolecular Hbond substituents is 2. The van der Waals surface area contributed by atoms with Gasteiger partial charge in [-0.25, -0.2) is 0 Å². The number of pyridine rings is 4. The highest BCUT2D eigenvalue weighted by molar-refractivity contribution is 6.02. The average Bonchev–Trinajstić information content (AvgIpc) is 2.93. The van der Waals surface area contributed by atoms with Gasteiger partial charge in [-0.05, 0) is 66.6 Å². The number of rotatable bonds is 1. The minimum Gasteiger partial charge on any atom is -0.508 e. The van der Waals surface area contributed by atoms with Crippen LogP contribution in [0.2, 0.25) is 0 Å². The van der Waals surface area contributed by atoms with Crippen molar-refractivity contribution in [2.24, 2.45) is 0 Å². The summed E-state index contributed by atoms with van der Waals surface area (Å²) in [6.45, 7) is 1.66. The number of hydrogen-bond donors (Lipinski definition) is 2. The molecule has 0 saturated carbocycles. The Balaban J connectivity index is 0.000000127. The molecule has 4 heterocycles. The van der Waals surface area contributed by atoms with E-state index in [0.29, 0.717) is 5.56 Å². The van der Waals surface area contributed by atoms with Crippen LogP contribution in [0.5, 0.6) is 11.5 Å². The van der Waals surface area contributed by atoms with Crippen molar-refractivity contribution in [1.82, 2.24) is 19.9 Å². The average molecular weight is 461 g/mol. The maximum absolute atomic E-state index is 8.94. The minimum atomic E-state index is 0.134. The lowest BCUT2D eigenvalue weighted by atomic mass is 10.1. The van der Waals surface area contributed by atoms with E-state index in [-0.39, 0.29) is 11.5 Å². The molecule has 0 amide bonds. The Morgan fingerprint density at radius 2 is 0.914 bits per heavy atom. The zero-order valence-corrected chi connectivity index (χ0v) is 19.2. The van der Waals surface area contributed by atoms with Gasteiger partial charge in [0, 0.05) is 53.5 Å². The summed E-state index contributed by atoms with van der Waals surface area (Å²) in [4.78, 5) is 16.6. The van der Waals surface area contributed by atoms with Crippen molar-refractivity contribution in [3.8, 4) is 22.6 Å². The highest BCUT2D eigenvalue weighted by Crippen LogP contribution is 2.24. The molecule has 6 heteroatoms. The highest BCUT2D eigenvalue weighted by atomic mass is 16.3. The molecule has 0 saturated heterocycles. The largest absolute Gasteiger partial charge is 0.508 e. The Morgan fingerprint density at radius 3 is 1.31 bits per heavy atom. The van der Waals surface area contributed by atoms with Crippen molar-refractivity contribution in [3.63, 3.8) is 0 Å². The van der Waals surface area contributed by atoms with Crippen LogP contribution >= 0.6 is 0 Å². The molecule has 0 unspecified atom stereocenters. The van der Waals surface area contributed by atoms with Gasteiger partial charge in [-0.2, -0.15) is 0 Å². The predicted octanol–water partition coefficient (Wildman–Crippen LogP) is 6.33. The summed E-state index contributed by atoms with van der Waals surface area (Å²) >= 11 is 0. The summed E-state index contributed by atoms with van der Waals surface area (Å²) in [5, 5.41) is 20.2. The standard InChI is InChI=1S/C12H8N2.C10H8N2.C7H8O2/c1-3-9-5-6-10-4-2-8-14-12(10)11(9)13-7-1;1-5-11-6-2-9(1)10-3-7-12-8-4-10;1-5-6(8)3-2-4-7(5)9/h1-8H;1-8H;2-4,8-9H,1H3. The lowest BCUT2D eigenvalue weighted by Crippen LogP contribution is -1.83. The van der Waals surface area contributed by atoms with Crippen LogP contribution in [0.4, 0.5) is 0 Å². The second kappa shape index (κ2) is 11.3. The molecular weight excluding hydrogens is 436 g/mol. The van der Waals surface area contributed by atoms with E-state index in [1.54, 1.807) is 50.2 Å². The van der Waals surface area contributed by atoms with Crippen molar-refractivity contribution in [2.45, 2.75) is 6.92 Å². The Labute approximate surface area is 203 Å². The van der Waals surface area contributed by atoms with Gasteiger partial charge in [0.05, 0.1) is 11.0 Å². The van der Waals surface area contributed by atoms with Crippen LogP contribution in [-0.2, 0) is 0 Å². The van der Waals surface area contributed by atoms with Crippen molar-refractivity contribution in [2.75, 3.05) is 0 Å². The zero-order valence-electron chi connectivity index (χ0n) is 19.2. The van der Waals surface area contributed by atoms with Gasteiger partial charge in [-0.1, -0.05) is 30.3 Å². The van der Waals surface area contributed by atoms with Gasteiger partial charge >= 0.3 is 0 Å². The molecule has 0 fully saturated rings. The smallest absolute Gasteiger partial charge is 0.122 e. The first-order valence-corrected chi connectivity index (χ1v) is 11.0. The summed E-state index contributed by atoms with van der Waals surface area (Å²) in [6.07, 6.45) is 10.8. The molecular formula is C29H24N4O2. The Bertz CT molecular complexity index is 1410. The molecule has 0 aliphatic heterocycles. The van der Waals surface area contributed by atoms with Crippen LogP contribution in [0.25, 0.3) is 32.9 Å². The van der Waals surface area contributed by atoms with Crippen molar-refractivity contribution in [3.05, 3.63) is 122 Å². The Morgan fingerprint density at radius 1 is 0.486 bits per heavy atom. The summed E-state index contributed by atoms with van der Waals surface area (Å²) < 4.78 is 0. The first-order valence-electron chi connectivity index (χ1n) is 11.0. The van der Waals surface area contributed by atoms with Gasteiger partial charge in [0.1, 0.15) is 11.5 Å². The second-order valence-corrected chi connectivity index (χ2v) is 7.61. The minimum absolute atomic E-state index is 0.134. The molecule has 0 radical (unpaired) electrons. The zero-order chi connectivity index (χ0) is 24.5. The van der Waals surface area contributed by atoms with E-state index in [0.717, 1.165) is 21.8 Å². The molecule has 4 aromatic heterocycles. The van der Waals surface area contributed by atoms with E-state index in [9.17, 15) is 0 Å². The van der Waals surface area contributed by atoms with E-state index in [1.165, 1.54) is 23.3 Å².